The number of rotatable bonds is 8. The van der Waals surface area contributed by atoms with Crippen molar-refractivity contribution in [3.8, 4) is 0 Å². The molecule has 1 atom stereocenters. The summed E-state index contributed by atoms with van der Waals surface area (Å²) in [6.07, 6.45) is -0.155. The highest BCUT2D eigenvalue weighted by atomic mass is 16.5. The molecule has 2 N–H and O–H groups in total. The third-order valence-electron chi connectivity index (χ3n) is 2.88. The Hall–Kier alpha value is -2.08. The molecule has 1 aromatic carbocycles. The van der Waals surface area contributed by atoms with Gasteiger partial charge in [0, 0.05) is 6.04 Å². The van der Waals surface area contributed by atoms with Crippen LogP contribution < -0.4 is 5.32 Å². The predicted octanol–water partition coefficient (Wildman–Crippen LogP) is 1.71. The molecule has 6 nitrogen and oxygen atoms in total. The average molecular weight is 294 g/mol. The largest absolute Gasteiger partial charge is 0.481 e. The molecule has 0 aliphatic heterocycles. The van der Waals surface area contributed by atoms with Crippen molar-refractivity contribution in [1.29, 1.82) is 0 Å². The van der Waals surface area contributed by atoms with E-state index in [2.05, 4.69) is 5.32 Å². The van der Waals surface area contributed by atoms with Crippen molar-refractivity contribution in [2.45, 2.75) is 25.5 Å². The number of hydrogen-bond acceptors (Lipinski definition) is 4. The Morgan fingerprint density at radius 1 is 1.29 bits per heavy atom. The first-order chi connectivity index (χ1) is 9.97. The van der Waals surface area contributed by atoms with Crippen LogP contribution in [0.25, 0.3) is 0 Å². The molecular weight excluding hydrogens is 272 g/mol. The summed E-state index contributed by atoms with van der Waals surface area (Å²) in [4.78, 5) is 24.5. The van der Waals surface area contributed by atoms with Crippen molar-refractivity contribution in [3.05, 3.63) is 35.9 Å². The molecule has 21 heavy (non-hydrogen) atoms. The van der Waals surface area contributed by atoms with E-state index in [1.165, 1.54) is 0 Å². The zero-order chi connectivity index (χ0) is 15.7. The van der Waals surface area contributed by atoms with Gasteiger partial charge in [-0.2, -0.15) is 0 Å². The van der Waals surface area contributed by atoms with E-state index in [9.17, 15) is 9.59 Å². The van der Waals surface area contributed by atoms with Crippen LogP contribution in [-0.2, 0) is 16.1 Å². The number of carbonyl (C=O) groups is 2. The maximum atomic E-state index is 11.7. The fourth-order valence-corrected chi connectivity index (χ4v) is 1.78. The standard InChI is InChI=1S/C15H22N2O4/c1-17(2)9-8-13(10-14(18)19)16-15(20)21-11-12-6-4-3-5-7-12/h3-7,13H,8-11H2,1-2H3,(H,16,20)(H,18,19)/t13-/m0/s1. The second kappa shape index (κ2) is 8.97. The van der Waals surface area contributed by atoms with Crippen molar-refractivity contribution in [2.75, 3.05) is 20.6 Å². The Balaban J connectivity index is 2.41. The van der Waals surface area contributed by atoms with E-state index in [4.69, 9.17) is 9.84 Å². The van der Waals surface area contributed by atoms with Crippen molar-refractivity contribution in [1.82, 2.24) is 10.2 Å². The molecule has 1 amide bonds. The van der Waals surface area contributed by atoms with Crippen molar-refractivity contribution < 1.29 is 19.4 Å². The van der Waals surface area contributed by atoms with Gasteiger partial charge in [0.1, 0.15) is 6.61 Å². The zero-order valence-corrected chi connectivity index (χ0v) is 12.4. The first-order valence-corrected chi connectivity index (χ1v) is 6.81. The van der Waals surface area contributed by atoms with Crippen LogP contribution in [0.3, 0.4) is 0 Å². The lowest BCUT2D eigenvalue weighted by atomic mass is 10.1. The van der Waals surface area contributed by atoms with Gasteiger partial charge < -0.3 is 20.1 Å². The molecule has 1 rings (SSSR count). The number of ether oxygens (including phenoxy) is 1. The molecule has 0 saturated carbocycles. The number of carbonyl (C=O) groups excluding carboxylic acids is 1. The lowest BCUT2D eigenvalue weighted by Gasteiger charge is -2.19. The summed E-state index contributed by atoms with van der Waals surface area (Å²) in [5.74, 6) is -0.942. The van der Waals surface area contributed by atoms with Gasteiger partial charge in [-0.05, 0) is 32.6 Å². The molecule has 0 unspecified atom stereocenters. The number of nitrogens with zero attached hydrogens (tertiary/aromatic N) is 1. The topological polar surface area (TPSA) is 78.9 Å². The maximum Gasteiger partial charge on any atom is 0.407 e. The Morgan fingerprint density at radius 2 is 1.95 bits per heavy atom. The monoisotopic (exact) mass is 294 g/mol. The van der Waals surface area contributed by atoms with Crippen molar-refractivity contribution >= 4 is 12.1 Å². The van der Waals surface area contributed by atoms with Gasteiger partial charge in [0.2, 0.25) is 0 Å². The van der Waals surface area contributed by atoms with Gasteiger partial charge >= 0.3 is 12.1 Å². The SMILES string of the molecule is CN(C)CC[C@@H](CC(=O)O)NC(=O)OCc1ccccc1. The molecule has 6 heteroatoms. The van der Waals surface area contributed by atoms with Gasteiger partial charge in [-0.3, -0.25) is 4.79 Å². The highest BCUT2D eigenvalue weighted by Gasteiger charge is 2.17. The summed E-state index contributed by atoms with van der Waals surface area (Å²) < 4.78 is 5.09. The Kier molecular flexibility index (Phi) is 7.25. The van der Waals surface area contributed by atoms with Crippen LogP contribution in [-0.4, -0.2) is 48.8 Å². The summed E-state index contributed by atoms with van der Waals surface area (Å²) in [5, 5.41) is 11.5. The molecule has 0 spiro atoms. The number of hydrogen-bond donors (Lipinski definition) is 2. The normalized spacial score (nSPS) is 12.0. The second-order valence-electron chi connectivity index (χ2n) is 5.09. The third-order valence-corrected chi connectivity index (χ3v) is 2.88. The molecule has 0 bridgehead atoms. The van der Waals surface area contributed by atoms with E-state index in [0.29, 0.717) is 13.0 Å². The average Bonchev–Trinajstić information content (AvgIpc) is 2.43. The molecule has 1 aromatic rings. The third kappa shape index (κ3) is 7.94. The van der Waals surface area contributed by atoms with Crippen LogP contribution in [0, 0.1) is 0 Å². The van der Waals surface area contributed by atoms with E-state index >= 15 is 0 Å². The Morgan fingerprint density at radius 3 is 2.52 bits per heavy atom. The first-order valence-electron chi connectivity index (χ1n) is 6.81. The van der Waals surface area contributed by atoms with E-state index in [1.807, 2.05) is 49.3 Å². The highest BCUT2D eigenvalue weighted by Crippen LogP contribution is 2.03. The minimum absolute atomic E-state index is 0.117. The fourth-order valence-electron chi connectivity index (χ4n) is 1.78. The number of aliphatic carboxylic acids is 1. The molecular formula is C15H22N2O4. The number of nitrogens with one attached hydrogen (secondary N) is 1. The van der Waals surface area contributed by atoms with Gasteiger partial charge in [-0.1, -0.05) is 30.3 Å². The highest BCUT2D eigenvalue weighted by molar-refractivity contribution is 5.71. The molecule has 0 aliphatic carbocycles. The van der Waals surface area contributed by atoms with Crippen molar-refractivity contribution in [2.24, 2.45) is 0 Å². The van der Waals surface area contributed by atoms with Crippen LogP contribution in [0.1, 0.15) is 18.4 Å². The molecule has 0 saturated heterocycles. The van der Waals surface area contributed by atoms with Crippen LogP contribution in [0.2, 0.25) is 0 Å². The maximum absolute atomic E-state index is 11.7. The second-order valence-corrected chi connectivity index (χ2v) is 5.09. The number of amides is 1. The van der Waals surface area contributed by atoms with Gasteiger partial charge in [0.15, 0.2) is 0 Å². The number of benzene rings is 1. The molecule has 116 valence electrons. The minimum atomic E-state index is -0.942. The Bertz CT molecular complexity index is 448. The van der Waals surface area contributed by atoms with Crippen LogP contribution in [0.15, 0.2) is 30.3 Å². The van der Waals surface area contributed by atoms with E-state index in [1.54, 1.807) is 0 Å². The quantitative estimate of drug-likeness (QED) is 0.763. The molecule has 0 fully saturated rings. The van der Waals surface area contributed by atoms with Gasteiger partial charge in [-0.15, -0.1) is 0 Å². The number of carboxylic acid groups (broad SMARTS) is 1. The smallest absolute Gasteiger partial charge is 0.407 e. The number of carboxylic acids is 1. The predicted molar refractivity (Wildman–Crippen MR) is 79.0 cm³/mol. The van der Waals surface area contributed by atoms with E-state index in [-0.39, 0.29) is 13.0 Å². The molecule has 0 heterocycles. The summed E-state index contributed by atoms with van der Waals surface area (Å²) >= 11 is 0. The van der Waals surface area contributed by atoms with Gasteiger partial charge in [-0.25, -0.2) is 4.79 Å². The zero-order valence-electron chi connectivity index (χ0n) is 12.4. The first kappa shape index (κ1) is 17.0. The van der Waals surface area contributed by atoms with Crippen LogP contribution in [0.5, 0.6) is 0 Å². The van der Waals surface area contributed by atoms with Gasteiger partial charge in [0.25, 0.3) is 0 Å². The van der Waals surface area contributed by atoms with Crippen LogP contribution in [0.4, 0.5) is 4.79 Å². The van der Waals surface area contributed by atoms with Gasteiger partial charge in [0.05, 0.1) is 6.42 Å². The van der Waals surface area contributed by atoms with Crippen molar-refractivity contribution in [3.63, 3.8) is 0 Å². The lowest BCUT2D eigenvalue weighted by molar-refractivity contribution is -0.137. The summed E-state index contributed by atoms with van der Waals surface area (Å²) in [6, 6.07) is 8.88. The lowest BCUT2D eigenvalue weighted by Crippen LogP contribution is -2.38. The molecule has 0 aromatic heterocycles. The van der Waals surface area contributed by atoms with E-state index in [0.717, 1.165) is 5.56 Å². The van der Waals surface area contributed by atoms with E-state index < -0.39 is 18.1 Å². The molecule has 0 aliphatic rings. The minimum Gasteiger partial charge on any atom is -0.481 e. The summed E-state index contributed by atoms with van der Waals surface area (Å²) in [5.41, 5.74) is 0.885. The Labute approximate surface area is 124 Å². The number of alkyl carbamates (subject to hydrolysis) is 1. The summed E-state index contributed by atoms with van der Waals surface area (Å²) in [7, 11) is 3.79. The van der Waals surface area contributed by atoms with Crippen LogP contribution >= 0.6 is 0 Å². The molecule has 0 radical (unpaired) electrons. The summed E-state index contributed by atoms with van der Waals surface area (Å²) in [6.45, 7) is 0.858. The fraction of sp³-hybridized carbons (Fsp3) is 0.467.